The van der Waals surface area contributed by atoms with Gasteiger partial charge in [0.25, 0.3) is 0 Å². The van der Waals surface area contributed by atoms with Crippen LogP contribution in [0.4, 0.5) is 17.3 Å². The van der Waals surface area contributed by atoms with Crippen molar-refractivity contribution in [3.8, 4) is 0 Å². The summed E-state index contributed by atoms with van der Waals surface area (Å²) in [5, 5.41) is 3.27. The predicted molar refractivity (Wildman–Crippen MR) is 78.4 cm³/mol. The molecular formula is C14H19N5. The van der Waals surface area contributed by atoms with E-state index in [1.54, 1.807) is 6.07 Å². The lowest BCUT2D eigenvalue weighted by atomic mass is 10.0. The van der Waals surface area contributed by atoms with Crippen molar-refractivity contribution in [1.82, 2.24) is 9.97 Å². The van der Waals surface area contributed by atoms with E-state index in [2.05, 4.69) is 46.7 Å². The molecule has 0 unspecified atom stereocenters. The van der Waals surface area contributed by atoms with Crippen molar-refractivity contribution in [1.29, 1.82) is 0 Å². The minimum Gasteiger partial charge on any atom is -0.340 e. The summed E-state index contributed by atoms with van der Waals surface area (Å²) in [6.07, 6.45) is 0. The average molecular weight is 257 g/mol. The van der Waals surface area contributed by atoms with Crippen LogP contribution in [0.3, 0.4) is 0 Å². The summed E-state index contributed by atoms with van der Waals surface area (Å²) in [7, 11) is 0. The molecule has 1 aromatic carbocycles. The molecule has 0 aliphatic carbocycles. The van der Waals surface area contributed by atoms with Gasteiger partial charge in [-0.1, -0.05) is 26.0 Å². The number of hydrogen-bond acceptors (Lipinski definition) is 5. The topological polar surface area (TPSA) is 75.9 Å². The van der Waals surface area contributed by atoms with E-state index in [9.17, 15) is 0 Å². The van der Waals surface area contributed by atoms with Crippen LogP contribution in [0.15, 0.2) is 30.3 Å². The molecule has 4 N–H and O–H groups in total. The third kappa shape index (κ3) is 3.42. The molecule has 0 aliphatic heterocycles. The van der Waals surface area contributed by atoms with Gasteiger partial charge in [-0.3, -0.25) is 0 Å². The van der Waals surface area contributed by atoms with E-state index < -0.39 is 0 Å². The number of rotatable bonds is 4. The van der Waals surface area contributed by atoms with E-state index in [0.29, 0.717) is 17.6 Å². The van der Waals surface area contributed by atoms with Gasteiger partial charge in [0.15, 0.2) is 0 Å². The first-order valence-corrected chi connectivity index (χ1v) is 6.28. The van der Waals surface area contributed by atoms with Crippen LogP contribution >= 0.6 is 0 Å². The molecule has 0 saturated heterocycles. The average Bonchev–Trinajstić information content (AvgIpc) is 2.38. The Kier molecular flexibility index (Phi) is 3.97. The fraction of sp³-hybridized carbons (Fsp3) is 0.286. The van der Waals surface area contributed by atoms with Crippen molar-refractivity contribution < 1.29 is 0 Å². The Morgan fingerprint density at radius 3 is 2.53 bits per heavy atom. The summed E-state index contributed by atoms with van der Waals surface area (Å²) in [6, 6.07) is 10.1. The van der Waals surface area contributed by atoms with Gasteiger partial charge in [0.05, 0.1) is 0 Å². The molecule has 5 nitrogen and oxygen atoms in total. The molecule has 1 heterocycles. The molecule has 5 heteroatoms. The monoisotopic (exact) mass is 257 g/mol. The normalized spacial score (nSPS) is 10.6. The molecular weight excluding hydrogens is 238 g/mol. The maximum absolute atomic E-state index is 5.38. The Labute approximate surface area is 113 Å². The zero-order valence-electron chi connectivity index (χ0n) is 11.4. The van der Waals surface area contributed by atoms with Crippen molar-refractivity contribution >= 4 is 17.3 Å². The van der Waals surface area contributed by atoms with Crippen molar-refractivity contribution in [2.75, 3.05) is 10.7 Å². The number of nitrogen functional groups attached to an aromatic ring is 1. The van der Waals surface area contributed by atoms with Gasteiger partial charge < -0.3 is 10.7 Å². The first-order valence-electron chi connectivity index (χ1n) is 6.28. The van der Waals surface area contributed by atoms with Gasteiger partial charge in [-0.05, 0) is 30.5 Å². The van der Waals surface area contributed by atoms with Gasteiger partial charge in [0, 0.05) is 11.8 Å². The minimum atomic E-state index is 0.496. The zero-order valence-corrected chi connectivity index (χ0v) is 11.4. The summed E-state index contributed by atoms with van der Waals surface area (Å²) >= 11 is 0. The predicted octanol–water partition coefficient (Wildman–Crippen LogP) is 2.94. The molecule has 0 atom stereocenters. The highest BCUT2D eigenvalue weighted by Crippen LogP contribution is 2.21. The zero-order chi connectivity index (χ0) is 13.8. The van der Waals surface area contributed by atoms with Gasteiger partial charge in [-0.25, -0.2) is 15.8 Å². The number of nitrogens with one attached hydrogen (secondary N) is 2. The van der Waals surface area contributed by atoms with E-state index in [-0.39, 0.29) is 0 Å². The lowest BCUT2D eigenvalue weighted by molar-refractivity contribution is 0.867. The van der Waals surface area contributed by atoms with Crippen molar-refractivity contribution in [3.63, 3.8) is 0 Å². The SMILES string of the molecule is Cc1nc(NN)cc(Nc2cccc(C(C)C)c2)n1. The number of hydrazine groups is 1. The Bertz CT molecular complexity index is 566. The van der Waals surface area contributed by atoms with Crippen molar-refractivity contribution in [3.05, 3.63) is 41.7 Å². The largest absolute Gasteiger partial charge is 0.340 e. The Morgan fingerprint density at radius 1 is 1.11 bits per heavy atom. The Balaban J connectivity index is 2.25. The molecule has 0 amide bonds. The highest BCUT2D eigenvalue weighted by Gasteiger charge is 2.03. The van der Waals surface area contributed by atoms with E-state index in [0.717, 1.165) is 11.5 Å². The molecule has 0 bridgehead atoms. The first-order chi connectivity index (χ1) is 9.08. The van der Waals surface area contributed by atoms with E-state index in [1.807, 2.05) is 19.1 Å². The van der Waals surface area contributed by atoms with Crippen LogP contribution in [0.25, 0.3) is 0 Å². The minimum absolute atomic E-state index is 0.496. The summed E-state index contributed by atoms with van der Waals surface area (Å²) < 4.78 is 0. The lowest BCUT2D eigenvalue weighted by Gasteiger charge is -2.11. The van der Waals surface area contributed by atoms with Gasteiger partial charge in [0.1, 0.15) is 17.5 Å². The third-order valence-electron chi connectivity index (χ3n) is 2.81. The second kappa shape index (κ2) is 5.67. The molecule has 0 radical (unpaired) electrons. The van der Waals surface area contributed by atoms with Crippen LogP contribution in [0, 0.1) is 6.92 Å². The smallest absolute Gasteiger partial charge is 0.145 e. The van der Waals surface area contributed by atoms with Gasteiger partial charge >= 0.3 is 0 Å². The summed E-state index contributed by atoms with van der Waals surface area (Å²) in [4.78, 5) is 8.49. The number of nitrogens with zero attached hydrogens (tertiary/aromatic N) is 2. The quantitative estimate of drug-likeness (QED) is 0.580. The lowest BCUT2D eigenvalue weighted by Crippen LogP contribution is -2.10. The highest BCUT2D eigenvalue weighted by atomic mass is 15.3. The molecule has 0 spiro atoms. The number of anilines is 3. The molecule has 0 aliphatic rings. The molecule has 19 heavy (non-hydrogen) atoms. The summed E-state index contributed by atoms with van der Waals surface area (Å²) in [5.41, 5.74) is 4.82. The van der Waals surface area contributed by atoms with E-state index in [4.69, 9.17) is 5.84 Å². The fourth-order valence-corrected chi connectivity index (χ4v) is 1.83. The molecule has 100 valence electrons. The van der Waals surface area contributed by atoms with Gasteiger partial charge in [-0.15, -0.1) is 0 Å². The number of aromatic nitrogens is 2. The summed E-state index contributed by atoms with van der Waals surface area (Å²) in [5.74, 6) is 7.85. The number of nitrogens with two attached hydrogens (primary N) is 1. The molecule has 2 rings (SSSR count). The number of benzene rings is 1. The Morgan fingerprint density at radius 2 is 1.84 bits per heavy atom. The maximum Gasteiger partial charge on any atom is 0.145 e. The second-order valence-corrected chi connectivity index (χ2v) is 4.74. The van der Waals surface area contributed by atoms with Crippen LogP contribution in [0.2, 0.25) is 0 Å². The number of aryl methyl sites for hydroxylation is 1. The third-order valence-corrected chi connectivity index (χ3v) is 2.81. The molecule has 0 fully saturated rings. The number of hydrogen-bond donors (Lipinski definition) is 3. The van der Waals surface area contributed by atoms with Crippen LogP contribution < -0.4 is 16.6 Å². The highest BCUT2D eigenvalue weighted by molar-refractivity contribution is 5.59. The van der Waals surface area contributed by atoms with E-state index in [1.165, 1.54) is 5.56 Å². The second-order valence-electron chi connectivity index (χ2n) is 4.74. The van der Waals surface area contributed by atoms with Gasteiger partial charge in [0.2, 0.25) is 0 Å². The Hall–Kier alpha value is -2.14. The van der Waals surface area contributed by atoms with Gasteiger partial charge in [-0.2, -0.15) is 0 Å². The van der Waals surface area contributed by atoms with Crippen molar-refractivity contribution in [2.45, 2.75) is 26.7 Å². The molecule has 1 aromatic heterocycles. The van der Waals surface area contributed by atoms with Crippen LogP contribution in [0.5, 0.6) is 0 Å². The van der Waals surface area contributed by atoms with Crippen LogP contribution in [0.1, 0.15) is 31.2 Å². The van der Waals surface area contributed by atoms with E-state index >= 15 is 0 Å². The maximum atomic E-state index is 5.38. The van der Waals surface area contributed by atoms with Crippen molar-refractivity contribution in [2.24, 2.45) is 5.84 Å². The first kappa shape index (κ1) is 13.3. The standard InChI is InChI=1S/C14H19N5/c1-9(2)11-5-4-6-12(7-11)18-13-8-14(19-15)17-10(3)16-13/h4-9H,15H2,1-3H3,(H2,16,17,18,19). The van der Waals surface area contributed by atoms with Crippen LogP contribution in [-0.2, 0) is 0 Å². The van der Waals surface area contributed by atoms with Crippen LogP contribution in [-0.4, -0.2) is 9.97 Å². The molecule has 2 aromatic rings. The molecule has 0 saturated carbocycles. The fourth-order valence-electron chi connectivity index (χ4n) is 1.83. The summed E-state index contributed by atoms with van der Waals surface area (Å²) in [6.45, 7) is 6.17.